The second-order valence-electron chi connectivity index (χ2n) is 5.54. The fourth-order valence-corrected chi connectivity index (χ4v) is 2.30. The quantitative estimate of drug-likeness (QED) is 0.849. The highest BCUT2D eigenvalue weighted by atomic mass is 16.5. The Kier molecular flexibility index (Phi) is 4.67. The van der Waals surface area contributed by atoms with Gasteiger partial charge in [-0.05, 0) is 57.5 Å². The minimum Gasteiger partial charge on any atom is -0.491 e. The first-order valence-electron chi connectivity index (χ1n) is 7.11. The van der Waals surface area contributed by atoms with Gasteiger partial charge in [-0.3, -0.25) is 0 Å². The predicted octanol–water partition coefficient (Wildman–Crippen LogP) is 4.70. The van der Waals surface area contributed by atoms with Crippen LogP contribution < -0.4 is 10.1 Å². The maximum Gasteiger partial charge on any atom is 0.119 e. The third-order valence-corrected chi connectivity index (χ3v) is 3.00. The lowest BCUT2D eigenvalue weighted by Crippen LogP contribution is -2.05. The molecule has 106 valence electrons. The summed E-state index contributed by atoms with van der Waals surface area (Å²) in [7, 11) is 0. The van der Waals surface area contributed by atoms with Gasteiger partial charge >= 0.3 is 0 Å². The second-order valence-corrected chi connectivity index (χ2v) is 5.54. The maximum absolute atomic E-state index is 5.64. The van der Waals surface area contributed by atoms with Gasteiger partial charge in [-0.25, -0.2) is 0 Å². The van der Waals surface area contributed by atoms with Crippen molar-refractivity contribution in [2.24, 2.45) is 0 Å². The molecule has 0 radical (unpaired) electrons. The van der Waals surface area contributed by atoms with Crippen molar-refractivity contribution in [3.8, 4) is 5.75 Å². The normalized spacial score (nSPS) is 10.7. The molecule has 2 heteroatoms. The zero-order chi connectivity index (χ0) is 14.5. The Balaban J connectivity index is 1.96. The lowest BCUT2D eigenvalue weighted by Gasteiger charge is -2.11. The predicted molar refractivity (Wildman–Crippen MR) is 85.4 cm³/mol. The number of anilines is 1. The average Bonchev–Trinajstić information content (AvgIpc) is 2.36. The van der Waals surface area contributed by atoms with Crippen LogP contribution in [0.25, 0.3) is 0 Å². The Morgan fingerprint density at radius 1 is 0.950 bits per heavy atom. The number of hydrogen-bond acceptors (Lipinski definition) is 2. The summed E-state index contributed by atoms with van der Waals surface area (Å²) in [4.78, 5) is 0. The second kappa shape index (κ2) is 6.47. The van der Waals surface area contributed by atoms with E-state index >= 15 is 0 Å². The Hall–Kier alpha value is -1.96. The summed E-state index contributed by atoms with van der Waals surface area (Å²) >= 11 is 0. The minimum absolute atomic E-state index is 0.212. The number of ether oxygens (including phenoxy) is 1. The molecular formula is C18H23NO. The zero-order valence-electron chi connectivity index (χ0n) is 12.7. The number of hydrogen-bond donors (Lipinski definition) is 1. The summed E-state index contributed by atoms with van der Waals surface area (Å²) in [5.41, 5.74) is 5.04. The Labute approximate surface area is 121 Å². The number of rotatable bonds is 5. The minimum atomic E-state index is 0.212. The van der Waals surface area contributed by atoms with Gasteiger partial charge in [0.15, 0.2) is 0 Å². The van der Waals surface area contributed by atoms with Crippen LogP contribution in [-0.2, 0) is 6.54 Å². The molecule has 0 aromatic heterocycles. The van der Waals surface area contributed by atoms with Crippen molar-refractivity contribution in [3.05, 3.63) is 59.2 Å². The van der Waals surface area contributed by atoms with Crippen LogP contribution >= 0.6 is 0 Å². The van der Waals surface area contributed by atoms with Gasteiger partial charge in [-0.1, -0.05) is 29.3 Å². The molecule has 2 rings (SSSR count). The molecular weight excluding hydrogens is 246 g/mol. The molecule has 2 nitrogen and oxygen atoms in total. The van der Waals surface area contributed by atoms with E-state index in [4.69, 9.17) is 4.74 Å². The number of nitrogens with one attached hydrogen (secondary N) is 1. The first-order chi connectivity index (χ1) is 9.52. The SMILES string of the molecule is Cc1cc(C)cc(CNc2ccc(OC(C)C)cc2)c1. The van der Waals surface area contributed by atoms with Crippen molar-refractivity contribution in [2.45, 2.75) is 40.3 Å². The van der Waals surface area contributed by atoms with Crippen LogP contribution in [0.1, 0.15) is 30.5 Å². The molecule has 0 unspecified atom stereocenters. The van der Waals surface area contributed by atoms with E-state index in [0.717, 1.165) is 18.0 Å². The van der Waals surface area contributed by atoms with E-state index in [1.807, 2.05) is 26.0 Å². The molecule has 0 bridgehead atoms. The highest BCUT2D eigenvalue weighted by Crippen LogP contribution is 2.18. The molecule has 0 heterocycles. The standard InChI is InChI=1S/C18H23NO/c1-13(2)20-18-7-5-17(6-8-18)19-12-16-10-14(3)9-15(4)11-16/h5-11,13,19H,12H2,1-4H3. The van der Waals surface area contributed by atoms with Crippen molar-refractivity contribution in [3.63, 3.8) is 0 Å². The van der Waals surface area contributed by atoms with Gasteiger partial charge in [0.1, 0.15) is 5.75 Å². The van der Waals surface area contributed by atoms with Crippen LogP contribution in [0.15, 0.2) is 42.5 Å². The Morgan fingerprint density at radius 2 is 1.55 bits per heavy atom. The summed E-state index contributed by atoms with van der Waals surface area (Å²) in [6, 6.07) is 14.8. The molecule has 20 heavy (non-hydrogen) atoms. The molecule has 0 spiro atoms. The Bertz CT molecular complexity index is 538. The number of aryl methyl sites for hydroxylation is 2. The molecule has 0 saturated heterocycles. The molecule has 1 N–H and O–H groups in total. The van der Waals surface area contributed by atoms with Crippen LogP contribution in [0.4, 0.5) is 5.69 Å². The molecule has 2 aromatic rings. The van der Waals surface area contributed by atoms with Gasteiger partial charge in [-0.2, -0.15) is 0 Å². The fourth-order valence-electron chi connectivity index (χ4n) is 2.30. The Morgan fingerprint density at radius 3 is 2.10 bits per heavy atom. The first-order valence-corrected chi connectivity index (χ1v) is 7.11. The van der Waals surface area contributed by atoms with Crippen LogP contribution in [-0.4, -0.2) is 6.10 Å². The molecule has 0 amide bonds. The van der Waals surface area contributed by atoms with Crippen molar-refractivity contribution < 1.29 is 4.74 Å². The van der Waals surface area contributed by atoms with Crippen LogP contribution in [0, 0.1) is 13.8 Å². The summed E-state index contributed by atoms with van der Waals surface area (Å²) < 4.78 is 5.64. The van der Waals surface area contributed by atoms with Crippen LogP contribution in [0.5, 0.6) is 5.75 Å². The molecule has 0 fully saturated rings. The number of benzene rings is 2. The lowest BCUT2D eigenvalue weighted by molar-refractivity contribution is 0.242. The molecule has 0 aliphatic heterocycles. The molecule has 2 aromatic carbocycles. The average molecular weight is 269 g/mol. The van der Waals surface area contributed by atoms with Gasteiger partial charge < -0.3 is 10.1 Å². The fraction of sp³-hybridized carbons (Fsp3) is 0.333. The highest BCUT2D eigenvalue weighted by Gasteiger charge is 1.99. The van der Waals surface area contributed by atoms with E-state index in [1.54, 1.807) is 0 Å². The topological polar surface area (TPSA) is 21.3 Å². The summed E-state index contributed by atoms with van der Waals surface area (Å²) in [6.45, 7) is 9.18. The van der Waals surface area contributed by atoms with E-state index < -0.39 is 0 Å². The van der Waals surface area contributed by atoms with Crippen LogP contribution in [0.2, 0.25) is 0 Å². The van der Waals surface area contributed by atoms with Crippen LogP contribution in [0.3, 0.4) is 0 Å². The summed E-state index contributed by atoms with van der Waals surface area (Å²) in [6.07, 6.45) is 0.212. The smallest absolute Gasteiger partial charge is 0.119 e. The maximum atomic E-state index is 5.64. The van der Waals surface area contributed by atoms with E-state index in [0.29, 0.717) is 0 Å². The molecule has 0 saturated carbocycles. The lowest BCUT2D eigenvalue weighted by atomic mass is 10.1. The van der Waals surface area contributed by atoms with E-state index in [1.165, 1.54) is 16.7 Å². The van der Waals surface area contributed by atoms with Gasteiger partial charge in [0.25, 0.3) is 0 Å². The van der Waals surface area contributed by atoms with E-state index in [-0.39, 0.29) is 6.10 Å². The third-order valence-electron chi connectivity index (χ3n) is 3.00. The van der Waals surface area contributed by atoms with E-state index in [9.17, 15) is 0 Å². The van der Waals surface area contributed by atoms with Crippen molar-refractivity contribution >= 4 is 5.69 Å². The van der Waals surface area contributed by atoms with Gasteiger partial charge in [0.05, 0.1) is 6.10 Å². The third kappa shape index (κ3) is 4.30. The van der Waals surface area contributed by atoms with Crippen molar-refractivity contribution in [1.82, 2.24) is 0 Å². The molecule has 0 aliphatic rings. The zero-order valence-corrected chi connectivity index (χ0v) is 12.7. The largest absolute Gasteiger partial charge is 0.491 e. The van der Waals surface area contributed by atoms with Crippen molar-refractivity contribution in [2.75, 3.05) is 5.32 Å². The van der Waals surface area contributed by atoms with Gasteiger partial charge in [0, 0.05) is 12.2 Å². The van der Waals surface area contributed by atoms with Crippen molar-refractivity contribution in [1.29, 1.82) is 0 Å². The summed E-state index contributed by atoms with van der Waals surface area (Å²) in [5, 5.41) is 3.44. The summed E-state index contributed by atoms with van der Waals surface area (Å²) in [5.74, 6) is 0.914. The van der Waals surface area contributed by atoms with Gasteiger partial charge in [0.2, 0.25) is 0 Å². The highest BCUT2D eigenvalue weighted by molar-refractivity contribution is 5.47. The van der Waals surface area contributed by atoms with E-state index in [2.05, 4.69) is 49.5 Å². The molecule has 0 atom stereocenters. The first kappa shape index (κ1) is 14.4. The monoisotopic (exact) mass is 269 g/mol. The molecule has 0 aliphatic carbocycles. The van der Waals surface area contributed by atoms with Gasteiger partial charge in [-0.15, -0.1) is 0 Å².